The minimum absolute atomic E-state index is 0.0570. The van der Waals surface area contributed by atoms with Crippen LogP contribution in [0.5, 0.6) is 0 Å². The summed E-state index contributed by atoms with van der Waals surface area (Å²) >= 11 is 0. The molecule has 1 unspecified atom stereocenters. The van der Waals surface area contributed by atoms with Crippen LogP contribution in [0.4, 0.5) is 4.39 Å². The fourth-order valence-electron chi connectivity index (χ4n) is 1.50. The second-order valence-electron chi connectivity index (χ2n) is 4.23. The zero-order valence-corrected chi connectivity index (χ0v) is 10.2. The Hall–Kier alpha value is -2.11. The second-order valence-corrected chi connectivity index (χ2v) is 4.23. The van der Waals surface area contributed by atoms with Crippen LogP contribution >= 0.6 is 0 Å². The van der Waals surface area contributed by atoms with Gasteiger partial charge in [0, 0.05) is 5.56 Å². The monoisotopic (exact) mass is 253 g/mol. The Morgan fingerprint density at radius 3 is 2.67 bits per heavy atom. The van der Waals surface area contributed by atoms with E-state index in [1.54, 1.807) is 0 Å². The molecule has 0 saturated carbocycles. The van der Waals surface area contributed by atoms with E-state index in [2.05, 4.69) is 10.5 Å². The number of nitrogens with two attached hydrogens (primary N) is 1. The Morgan fingerprint density at radius 2 is 2.17 bits per heavy atom. The average Bonchev–Trinajstić information content (AvgIpc) is 2.34. The van der Waals surface area contributed by atoms with Gasteiger partial charge < -0.3 is 16.3 Å². The average molecular weight is 253 g/mol. The summed E-state index contributed by atoms with van der Waals surface area (Å²) in [5.41, 5.74) is 5.67. The number of hydrogen-bond acceptors (Lipinski definition) is 3. The number of carbonyl (C=O) groups is 1. The molecule has 0 saturated heterocycles. The van der Waals surface area contributed by atoms with Gasteiger partial charge in [-0.05, 0) is 24.1 Å². The second kappa shape index (κ2) is 6.00. The molecule has 18 heavy (non-hydrogen) atoms. The van der Waals surface area contributed by atoms with Gasteiger partial charge in [-0.1, -0.05) is 25.1 Å². The fraction of sp³-hybridized carbons (Fsp3) is 0.333. The summed E-state index contributed by atoms with van der Waals surface area (Å²) in [6, 6.07) is 4.70. The lowest BCUT2D eigenvalue weighted by Crippen LogP contribution is -2.47. The fourth-order valence-corrected chi connectivity index (χ4v) is 1.50. The van der Waals surface area contributed by atoms with E-state index in [1.165, 1.54) is 18.2 Å². The maximum Gasteiger partial charge on any atom is 0.251 e. The van der Waals surface area contributed by atoms with E-state index in [-0.39, 0.29) is 17.3 Å². The van der Waals surface area contributed by atoms with E-state index in [0.29, 0.717) is 0 Å². The largest absolute Gasteiger partial charge is 0.409 e. The Labute approximate surface area is 104 Å². The van der Waals surface area contributed by atoms with Crippen molar-refractivity contribution in [3.63, 3.8) is 0 Å². The van der Waals surface area contributed by atoms with E-state index in [4.69, 9.17) is 10.9 Å². The van der Waals surface area contributed by atoms with Crippen molar-refractivity contribution in [1.29, 1.82) is 0 Å². The number of amides is 1. The first-order chi connectivity index (χ1) is 8.45. The van der Waals surface area contributed by atoms with Crippen molar-refractivity contribution in [2.24, 2.45) is 16.8 Å². The maximum absolute atomic E-state index is 13.0. The SMILES string of the molecule is CC(C)C(NC(=O)c1cccc(F)c1)C(N)=NO. The van der Waals surface area contributed by atoms with E-state index < -0.39 is 17.8 Å². The van der Waals surface area contributed by atoms with Crippen molar-refractivity contribution in [3.05, 3.63) is 35.6 Å². The molecule has 4 N–H and O–H groups in total. The Balaban J connectivity index is 2.85. The normalized spacial score (nSPS) is 13.4. The summed E-state index contributed by atoms with van der Waals surface area (Å²) in [7, 11) is 0. The Morgan fingerprint density at radius 1 is 1.50 bits per heavy atom. The van der Waals surface area contributed by atoms with E-state index >= 15 is 0 Å². The van der Waals surface area contributed by atoms with Gasteiger partial charge in [-0.3, -0.25) is 4.79 Å². The molecule has 0 bridgehead atoms. The third-order valence-corrected chi connectivity index (χ3v) is 2.47. The molecule has 0 aromatic heterocycles. The van der Waals surface area contributed by atoms with Gasteiger partial charge >= 0.3 is 0 Å². The highest BCUT2D eigenvalue weighted by Gasteiger charge is 2.21. The highest BCUT2D eigenvalue weighted by atomic mass is 19.1. The zero-order chi connectivity index (χ0) is 13.7. The van der Waals surface area contributed by atoms with Crippen molar-refractivity contribution in [3.8, 4) is 0 Å². The van der Waals surface area contributed by atoms with Crippen molar-refractivity contribution in [2.45, 2.75) is 19.9 Å². The van der Waals surface area contributed by atoms with E-state index in [1.807, 2.05) is 13.8 Å². The number of benzene rings is 1. The lowest BCUT2D eigenvalue weighted by atomic mass is 10.0. The zero-order valence-electron chi connectivity index (χ0n) is 10.2. The number of oxime groups is 1. The van der Waals surface area contributed by atoms with Crippen LogP contribution < -0.4 is 11.1 Å². The molecular formula is C12H16FN3O2. The van der Waals surface area contributed by atoms with Gasteiger partial charge in [0.15, 0.2) is 5.84 Å². The first-order valence-electron chi connectivity index (χ1n) is 5.49. The highest BCUT2D eigenvalue weighted by Crippen LogP contribution is 2.07. The van der Waals surface area contributed by atoms with Crippen LogP contribution in [0.2, 0.25) is 0 Å². The molecule has 6 heteroatoms. The number of rotatable bonds is 4. The molecule has 5 nitrogen and oxygen atoms in total. The Kier molecular flexibility index (Phi) is 4.65. The maximum atomic E-state index is 13.0. The smallest absolute Gasteiger partial charge is 0.251 e. The molecule has 1 rings (SSSR count). The summed E-state index contributed by atoms with van der Waals surface area (Å²) in [5, 5.41) is 14.1. The van der Waals surface area contributed by atoms with Crippen LogP contribution in [-0.4, -0.2) is 23.0 Å². The topological polar surface area (TPSA) is 87.7 Å². The lowest BCUT2D eigenvalue weighted by molar-refractivity contribution is 0.0938. The van der Waals surface area contributed by atoms with Crippen molar-refractivity contribution >= 4 is 11.7 Å². The number of hydrogen-bond donors (Lipinski definition) is 3. The molecule has 1 aromatic carbocycles. The van der Waals surface area contributed by atoms with Crippen LogP contribution in [0.1, 0.15) is 24.2 Å². The van der Waals surface area contributed by atoms with Crippen LogP contribution in [0.15, 0.2) is 29.4 Å². The molecule has 0 aliphatic heterocycles. The van der Waals surface area contributed by atoms with Crippen molar-refractivity contribution in [2.75, 3.05) is 0 Å². The summed E-state index contributed by atoms with van der Waals surface area (Å²) < 4.78 is 13.0. The van der Waals surface area contributed by atoms with Gasteiger partial charge in [0.1, 0.15) is 5.82 Å². The van der Waals surface area contributed by atoms with Gasteiger partial charge in [0.05, 0.1) is 6.04 Å². The van der Waals surface area contributed by atoms with Crippen LogP contribution in [0, 0.1) is 11.7 Å². The molecule has 0 spiro atoms. The van der Waals surface area contributed by atoms with Crippen LogP contribution in [0.25, 0.3) is 0 Å². The third-order valence-electron chi connectivity index (χ3n) is 2.47. The van der Waals surface area contributed by atoms with Gasteiger partial charge in [-0.2, -0.15) is 0 Å². The molecule has 0 aliphatic rings. The Bertz CT molecular complexity index is 460. The van der Waals surface area contributed by atoms with E-state index in [9.17, 15) is 9.18 Å². The molecule has 1 aromatic rings. The van der Waals surface area contributed by atoms with Crippen molar-refractivity contribution in [1.82, 2.24) is 5.32 Å². The molecular weight excluding hydrogens is 237 g/mol. The quantitative estimate of drug-likeness (QED) is 0.327. The molecule has 0 aliphatic carbocycles. The predicted molar refractivity (Wildman–Crippen MR) is 65.9 cm³/mol. The standard InChI is InChI=1S/C12H16FN3O2/c1-7(2)10(11(14)16-18)15-12(17)8-4-3-5-9(13)6-8/h3-7,10,18H,1-2H3,(H2,14,16)(H,15,17). The van der Waals surface area contributed by atoms with Gasteiger partial charge in [-0.25, -0.2) is 4.39 Å². The molecule has 0 heterocycles. The van der Waals surface area contributed by atoms with Gasteiger partial charge in [0.2, 0.25) is 0 Å². The lowest BCUT2D eigenvalue weighted by Gasteiger charge is -2.20. The predicted octanol–water partition coefficient (Wildman–Crippen LogP) is 1.33. The van der Waals surface area contributed by atoms with Crippen LogP contribution in [0.3, 0.4) is 0 Å². The number of halogens is 1. The number of nitrogens with zero attached hydrogens (tertiary/aromatic N) is 1. The first kappa shape index (κ1) is 14.0. The summed E-state index contributed by atoms with van der Waals surface area (Å²) in [5.74, 6) is -1.11. The minimum atomic E-state index is -0.606. The van der Waals surface area contributed by atoms with Crippen LogP contribution in [-0.2, 0) is 0 Å². The number of nitrogens with one attached hydrogen (secondary N) is 1. The van der Waals surface area contributed by atoms with E-state index in [0.717, 1.165) is 6.07 Å². The highest BCUT2D eigenvalue weighted by molar-refractivity contribution is 5.98. The third kappa shape index (κ3) is 3.44. The summed E-state index contributed by atoms with van der Waals surface area (Å²) in [4.78, 5) is 11.9. The van der Waals surface area contributed by atoms with Gasteiger partial charge in [-0.15, -0.1) is 0 Å². The molecule has 1 atom stereocenters. The molecule has 1 amide bonds. The minimum Gasteiger partial charge on any atom is -0.409 e. The molecule has 98 valence electrons. The molecule has 0 radical (unpaired) electrons. The van der Waals surface area contributed by atoms with Gasteiger partial charge in [0.25, 0.3) is 5.91 Å². The molecule has 0 fully saturated rings. The van der Waals surface area contributed by atoms with Crippen molar-refractivity contribution < 1.29 is 14.4 Å². The number of amidine groups is 1. The number of carbonyl (C=O) groups excluding carboxylic acids is 1. The first-order valence-corrected chi connectivity index (χ1v) is 5.49. The summed E-state index contributed by atoms with van der Waals surface area (Å²) in [6.07, 6.45) is 0. The summed E-state index contributed by atoms with van der Waals surface area (Å²) in [6.45, 7) is 3.63.